The van der Waals surface area contributed by atoms with Crippen LogP contribution in [0.4, 0.5) is 9.18 Å². The molecule has 0 atom stereocenters. The van der Waals surface area contributed by atoms with Crippen LogP contribution in [-0.4, -0.2) is 25.0 Å². The molecule has 3 N–H and O–H groups in total. The highest BCUT2D eigenvalue weighted by atomic mass is 19.1. The zero-order valence-corrected chi connectivity index (χ0v) is 14.1. The van der Waals surface area contributed by atoms with E-state index in [0.29, 0.717) is 19.5 Å². The first-order valence-corrected chi connectivity index (χ1v) is 8.11. The van der Waals surface area contributed by atoms with E-state index in [4.69, 9.17) is 0 Å². The van der Waals surface area contributed by atoms with Gasteiger partial charge in [0.15, 0.2) is 0 Å². The van der Waals surface area contributed by atoms with Gasteiger partial charge in [0.2, 0.25) is 5.91 Å². The van der Waals surface area contributed by atoms with Crippen molar-refractivity contribution in [2.75, 3.05) is 13.1 Å². The Morgan fingerprint density at radius 2 is 1.72 bits per heavy atom. The molecule has 2 rings (SSSR count). The van der Waals surface area contributed by atoms with E-state index in [9.17, 15) is 14.0 Å². The highest BCUT2D eigenvalue weighted by molar-refractivity contribution is 5.83. The predicted molar refractivity (Wildman–Crippen MR) is 94.5 cm³/mol. The molecule has 6 heteroatoms. The lowest BCUT2D eigenvalue weighted by atomic mass is 10.1. The lowest BCUT2D eigenvalue weighted by molar-refractivity contribution is -0.120. The summed E-state index contributed by atoms with van der Waals surface area (Å²) < 4.78 is 13.0. The summed E-state index contributed by atoms with van der Waals surface area (Å²) in [5.41, 5.74) is 2.95. The summed E-state index contributed by atoms with van der Waals surface area (Å²) in [5.74, 6) is -0.586. The van der Waals surface area contributed by atoms with Crippen molar-refractivity contribution in [3.05, 3.63) is 71.0 Å². The van der Waals surface area contributed by atoms with Gasteiger partial charge in [0.1, 0.15) is 5.82 Å². The van der Waals surface area contributed by atoms with E-state index in [2.05, 4.69) is 16.0 Å². The summed E-state index contributed by atoms with van der Waals surface area (Å²) in [7, 11) is 0. The minimum Gasteiger partial charge on any atom is -0.354 e. The van der Waals surface area contributed by atoms with Gasteiger partial charge < -0.3 is 16.0 Å². The van der Waals surface area contributed by atoms with Gasteiger partial charge in [-0.2, -0.15) is 0 Å². The average molecular weight is 343 g/mol. The Hall–Kier alpha value is -2.89. The number of amides is 3. The van der Waals surface area contributed by atoms with Gasteiger partial charge in [0.05, 0.1) is 6.54 Å². The van der Waals surface area contributed by atoms with Crippen LogP contribution >= 0.6 is 0 Å². The maximum Gasteiger partial charge on any atom is 0.315 e. The van der Waals surface area contributed by atoms with Crippen molar-refractivity contribution in [2.45, 2.75) is 19.9 Å². The topological polar surface area (TPSA) is 70.2 Å². The van der Waals surface area contributed by atoms with Gasteiger partial charge in [-0.1, -0.05) is 42.0 Å². The van der Waals surface area contributed by atoms with Crippen molar-refractivity contribution in [2.24, 2.45) is 0 Å². The second-order valence-corrected chi connectivity index (χ2v) is 5.75. The van der Waals surface area contributed by atoms with E-state index in [0.717, 1.165) is 16.7 Å². The van der Waals surface area contributed by atoms with Crippen LogP contribution in [0.3, 0.4) is 0 Å². The van der Waals surface area contributed by atoms with Crippen molar-refractivity contribution >= 4 is 11.9 Å². The third-order valence-electron chi connectivity index (χ3n) is 3.61. The molecular formula is C19H22FN3O2. The van der Waals surface area contributed by atoms with Crippen molar-refractivity contribution in [1.29, 1.82) is 0 Å². The largest absolute Gasteiger partial charge is 0.354 e. The Morgan fingerprint density at radius 3 is 2.44 bits per heavy atom. The number of urea groups is 1. The molecule has 2 aromatic carbocycles. The summed E-state index contributed by atoms with van der Waals surface area (Å²) in [4.78, 5) is 23.4. The van der Waals surface area contributed by atoms with Gasteiger partial charge in [-0.15, -0.1) is 0 Å². The zero-order valence-electron chi connectivity index (χ0n) is 14.1. The van der Waals surface area contributed by atoms with Crippen LogP contribution in [0.5, 0.6) is 0 Å². The first kappa shape index (κ1) is 18.4. The molecule has 0 aliphatic carbocycles. The van der Waals surface area contributed by atoms with Crippen LogP contribution < -0.4 is 16.0 Å². The van der Waals surface area contributed by atoms with E-state index < -0.39 is 6.03 Å². The van der Waals surface area contributed by atoms with Gasteiger partial charge in [0, 0.05) is 13.1 Å². The fraction of sp³-hybridized carbons (Fsp3) is 0.263. The molecule has 5 nitrogen and oxygen atoms in total. The number of nitrogens with one attached hydrogen (secondary N) is 3. The molecule has 0 saturated carbocycles. The lowest BCUT2D eigenvalue weighted by Gasteiger charge is -2.09. The SMILES string of the molecule is Cc1ccc(CNC(=O)NCC(=O)NCCc2cccc(F)c2)cc1. The molecule has 0 aliphatic heterocycles. The molecule has 0 aromatic heterocycles. The summed E-state index contributed by atoms with van der Waals surface area (Å²) >= 11 is 0. The predicted octanol–water partition coefficient (Wildman–Crippen LogP) is 2.29. The molecule has 2 aromatic rings. The molecule has 0 radical (unpaired) electrons. The Morgan fingerprint density at radius 1 is 0.960 bits per heavy atom. The normalized spacial score (nSPS) is 10.2. The Bertz CT molecular complexity index is 717. The Labute approximate surface area is 146 Å². The number of carbonyl (C=O) groups excluding carboxylic acids is 2. The lowest BCUT2D eigenvalue weighted by Crippen LogP contribution is -2.42. The summed E-state index contributed by atoms with van der Waals surface area (Å²) in [5, 5.41) is 7.87. The van der Waals surface area contributed by atoms with Crippen LogP contribution in [0.1, 0.15) is 16.7 Å². The van der Waals surface area contributed by atoms with Crippen LogP contribution in [0.25, 0.3) is 0 Å². The molecule has 3 amide bonds. The Balaban J connectivity index is 1.60. The average Bonchev–Trinajstić information content (AvgIpc) is 2.59. The molecule has 0 unspecified atom stereocenters. The minimum atomic E-state index is -0.402. The van der Waals surface area contributed by atoms with Crippen molar-refractivity contribution in [3.8, 4) is 0 Å². The third kappa shape index (κ3) is 7.03. The molecular weight excluding hydrogens is 321 g/mol. The second kappa shape index (κ2) is 9.42. The zero-order chi connectivity index (χ0) is 18.1. The monoisotopic (exact) mass is 343 g/mol. The van der Waals surface area contributed by atoms with Crippen LogP contribution in [0, 0.1) is 12.7 Å². The highest BCUT2D eigenvalue weighted by Gasteiger charge is 2.05. The van der Waals surface area contributed by atoms with Gasteiger partial charge in [-0.3, -0.25) is 4.79 Å². The van der Waals surface area contributed by atoms with Crippen LogP contribution in [-0.2, 0) is 17.8 Å². The summed E-state index contributed by atoms with van der Waals surface area (Å²) in [6.07, 6.45) is 0.531. The van der Waals surface area contributed by atoms with E-state index in [1.54, 1.807) is 12.1 Å². The van der Waals surface area contributed by atoms with Crippen molar-refractivity contribution in [3.63, 3.8) is 0 Å². The van der Waals surface area contributed by atoms with Crippen LogP contribution in [0.2, 0.25) is 0 Å². The van der Waals surface area contributed by atoms with E-state index >= 15 is 0 Å². The molecule has 0 aliphatic rings. The summed E-state index contributed by atoms with van der Waals surface area (Å²) in [6.45, 7) is 2.67. The number of hydrogen-bond acceptors (Lipinski definition) is 2. The maximum atomic E-state index is 13.0. The van der Waals surface area contributed by atoms with E-state index in [1.165, 1.54) is 12.1 Å². The fourth-order valence-corrected chi connectivity index (χ4v) is 2.21. The van der Waals surface area contributed by atoms with Crippen molar-refractivity contribution in [1.82, 2.24) is 16.0 Å². The Kier molecular flexibility index (Phi) is 6.95. The van der Waals surface area contributed by atoms with Crippen LogP contribution in [0.15, 0.2) is 48.5 Å². The van der Waals surface area contributed by atoms with Gasteiger partial charge in [0.25, 0.3) is 0 Å². The molecule has 132 valence electrons. The first-order chi connectivity index (χ1) is 12.0. The molecule has 0 spiro atoms. The van der Waals surface area contributed by atoms with Gasteiger partial charge in [-0.05, 0) is 36.6 Å². The van der Waals surface area contributed by atoms with Gasteiger partial charge >= 0.3 is 6.03 Å². The summed E-state index contributed by atoms with van der Waals surface area (Å²) in [6, 6.07) is 13.7. The number of benzene rings is 2. The quantitative estimate of drug-likeness (QED) is 0.722. The smallest absolute Gasteiger partial charge is 0.315 e. The molecule has 0 fully saturated rings. The number of halogens is 1. The van der Waals surface area contributed by atoms with Crippen molar-refractivity contribution < 1.29 is 14.0 Å². The standard InChI is InChI=1S/C19H22FN3O2/c1-14-5-7-16(8-6-14)12-22-19(25)23-13-18(24)21-10-9-15-3-2-4-17(20)11-15/h2-8,11H,9-10,12-13H2,1H3,(H,21,24)(H2,22,23,25). The maximum absolute atomic E-state index is 13.0. The number of carbonyl (C=O) groups is 2. The molecule has 25 heavy (non-hydrogen) atoms. The minimum absolute atomic E-state index is 0.108. The number of aryl methyl sites for hydroxylation is 1. The molecule has 0 bridgehead atoms. The molecule has 0 heterocycles. The van der Waals surface area contributed by atoms with E-state index in [1.807, 2.05) is 31.2 Å². The first-order valence-electron chi connectivity index (χ1n) is 8.11. The highest BCUT2D eigenvalue weighted by Crippen LogP contribution is 2.03. The fourth-order valence-electron chi connectivity index (χ4n) is 2.21. The second-order valence-electron chi connectivity index (χ2n) is 5.75. The number of rotatable bonds is 7. The van der Waals surface area contributed by atoms with E-state index in [-0.39, 0.29) is 18.3 Å². The molecule has 0 saturated heterocycles. The third-order valence-corrected chi connectivity index (χ3v) is 3.61. The van der Waals surface area contributed by atoms with Gasteiger partial charge in [-0.25, -0.2) is 9.18 Å². The number of hydrogen-bond donors (Lipinski definition) is 3.